The third-order valence-electron chi connectivity index (χ3n) is 3.93. The number of carbonyl (C=O) groups excluding carboxylic acids is 1. The van der Waals surface area contributed by atoms with Crippen LogP contribution in [0.1, 0.15) is 22.0 Å². The Bertz CT molecular complexity index is 905. The molecule has 1 aromatic heterocycles. The molecule has 0 aliphatic heterocycles. The Morgan fingerprint density at radius 2 is 1.96 bits per heavy atom. The summed E-state index contributed by atoms with van der Waals surface area (Å²) in [6, 6.07) is 10.4. The van der Waals surface area contributed by atoms with E-state index in [0.717, 1.165) is 23.0 Å². The van der Waals surface area contributed by atoms with Gasteiger partial charge in [-0.05, 0) is 47.3 Å². The molecule has 2 aromatic carbocycles. The standard InChI is InChI=1S/C18H16F2N2O2/c1-22-7-6-11-8-12(3-5-16(11)22)17(23)10-21-18(24)13-2-4-14(19)15(20)9-13/h2-9,17,23H,10H2,1H3,(H,21,24)/t17-/m0/s1. The van der Waals surface area contributed by atoms with Crippen molar-refractivity contribution < 1.29 is 18.7 Å². The number of amides is 1. The van der Waals surface area contributed by atoms with Gasteiger partial charge in [-0.1, -0.05) is 6.07 Å². The minimum atomic E-state index is -1.09. The number of hydrogen-bond acceptors (Lipinski definition) is 2. The van der Waals surface area contributed by atoms with Crippen LogP contribution in [0.3, 0.4) is 0 Å². The van der Waals surface area contributed by atoms with Gasteiger partial charge in [-0.25, -0.2) is 8.78 Å². The van der Waals surface area contributed by atoms with E-state index in [0.29, 0.717) is 5.56 Å². The lowest BCUT2D eigenvalue weighted by molar-refractivity contribution is 0.0916. The maximum atomic E-state index is 13.1. The summed E-state index contributed by atoms with van der Waals surface area (Å²) in [5.41, 5.74) is 1.70. The van der Waals surface area contributed by atoms with Gasteiger partial charge in [-0.15, -0.1) is 0 Å². The highest BCUT2D eigenvalue weighted by molar-refractivity contribution is 5.94. The lowest BCUT2D eigenvalue weighted by Gasteiger charge is -2.13. The quantitative estimate of drug-likeness (QED) is 0.773. The van der Waals surface area contributed by atoms with Crippen molar-refractivity contribution in [3.63, 3.8) is 0 Å². The molecule has 6 heteroatoms. The molecule has 124 valence electrons. The Balaban J connectivity index is 1.68. The molecule has 24 heavy (non-hydrogen) atoms. The molecule has 0 saturated heterocycles. The van der Waals surface area contributed by atoms with Crippen LogP contribution in [0.15, 0.2) is 48.7 Å². The lowest BCUT2D eigenvalue weighted by atomic mass is 10.1. The number of aliphatic hydroxyl groups is 1. The summed E-state index contributed by atoms with van der Waals surface area (Å²) in [6.45, 7) is -0.0316. The molecule has 0 unspecified atom stereocenters. The maximum absolute atomic E-state index is 13.1. The summed E-state index contributed by atoms with van der Waals surface area (Å²) < 4.78 is 28.0. The highest BCUT2D eigenvalue weighted by Gasteiger charge is 2.13. The molecule has 1 heterocycles. The molecule has 0 radical (unpaired) electrons. The van der Waals surface area contributed by atoms with E-state index in [2.05, 4.69) is 5.32 Å². The van der Waals surface area contributed by atoms with E-state index in [4.69, 9.17) is 0 Å². The topological polar surface area (TPSA) is 54.3 Å². The Morgan fingerprint density at radius 3 is 2.71 bits per heavy atom. The van der Waals surface area contributed by atoms with Crippen LogP contribution >= 0.6 is 0 Å². The first-order valence-corrected chi connectivity index (χ1v) is 7.42. The smallest absolute Gasteiger partial charge is 0.251 e. The minimum Gasteiger partial charge on any atom is -0.387 e. The van der Waals surface area contributed by atoms with Gasteiger partial charge in [0.05, 0.1) is 6.10 Å². The van der Waals surface area contributed by atoms with Gasteiger partial charge in [0.15, 0.2) is 11.6 Å². The Hall–Kier alpha value is -2.73. The molecule has 0 spiro atoms. The number of aliphatic hydroxyl groups excluding tert-OH is 1. The van der Waals surface area contributed by atoms with Crippen LogP contribution < -0.4 is 5.32 Å². The monoisotopic (exact) mass is 330 g/mol. The average Bonchev–Trinajstić information content (AvgIpc) is 2.95. The van der Waals surface area contributed by atoms with Gasteiger partial charge in [0.25, 0.3) is 5.91 Å². The molecule has 0 saturated carbocycles. The summed E-state index contributed by atoms with van der Waals surface area (Å²) in [5.74, 6) is -2.67. The summed E-state index contributed by atoms with van der Waals surface area (Å²) in [7, 11) is 1.93. The first kappa shape index (κ1) is 16.1. The van der Waals surface area contributed by atoms with Crippen molar-refractivity contribution in [1.29, 1.82) is 0 Å². The van der Waals surface area contributed by atoms with Crippen LogP contribution in [-0.2, 0) is 7.05 Å². The summed E-state index contributed by atoms with van der Waals surface area (Å²) in [4.78, 5) is 11.9. The predicted octanol–water partition coefficient (Wildman–Crippen LogP) is 2.92. The van der Waals surface area contributed by atoms with Crippen LogP contribution in [0.5, 0.6) is 0 Å². The van der Waals surface area contributed by atoms with Crippen molar-refractivity contribution in [2.24, 2.45) is 7.05 Å². The average molecular weight is 330 g/mol. The normalized spacial score (nSPS) is 12.3. The number of fused-ring (bicyclic) bond motifs is 1. The van der Waals surface area contributed by atoms with E-state index < -0.39 is 23.6 Å². The van der Waals surface area contributed by atoms with Crippen LogP contribution in [0.4, 0.5) is 8.78 Å². The van der Waals surface area contributed by atoms with E-state index in [-0.39, 0.29) is 12.1 Å². The van der Waals surface area contributed by atoms with Crippen LogP contribution in [0, 0.1) is 11.6 Å². The van der Waals surface area contributed by atoms with E-state index >= 15 is 0 Å². The van der Waals surface area contributed by atoms with Crippen molar-refractivity contribution in [3.8, 4) is 0 Å². The molecular formula is C18H16F2N2O2. The zero-order chi connectivity index (χ0) is 17.3. The number of halogens is 2. The van der Waals surface area contributed by atoms with Crippen LogP contribution in [0.25, 0.3) is 10.9 Å². The molecule has 2 N–H and O–H groups in total. The number of nitrogens with zero attached hydrogens (tertiary/aromatic N) is 1. The molecule has 3 aromatic rings. The molecule has 1 amide bonds. The lowest BCUT2D eigenvalue weighted by Crippen LogP contribution is -2.28. The summed E-state index contributed by atoms with van der Waals surface area (Å²) in [6.07, 6.45) is 1.02. The van der Waals surface area contributed by atoms with E-state index in [1.807, 2.05) is 36.0 Å². The van der Waals surface area contributed by atoms with Crippen molar-refractivity contribution in [2.75, 3.05) is 6.54 Å². The third kappa shape index (κ3) is 3.14. The highest BCUT2D eigenvalue weighted by atomic mass is 19.2. The van der Waals surface area contributed by atoms with Crippen molar-refractivity contribution in [2.45, 2.75) is 6.10 Å². The summed E-state index contributed by atoms with van der Waals surface area (Å²) >= 11 is 0. The molecule has 3 rings (SSSR count). The molecule has 1 atom stereocenters. The third-order valence-corrected chi connectivity index (χ3v) is 3.93. The fourth-order valence-electron chi connectivity index (χ4n) is 2.55. The second-order valence-corrected chi connectivity index (χ2v) is 5.60. The van der Waals surface area contributed by atoms with E-state index in [1.54, 1.807) is 6.07 Å². The summed E-state index contributed by atoms with van der Waals surface area (Å²) in [5, 5.41) is 13.7. The first-order chi connectivity index (χ1) is 11.5. The molecule has 4 nitrogen and oxygen atoms in total. The number of nitrogens with one attached hydrogen (secondary N) is 1. The molecule has 0 bridgehead atoms. The largest absolute Gasteiger partial charge is 0.387 e. The van der Waals surface area contributed by atoms with Crippen LogP contribution in [0.2, 0.25) is 0 Å². The van der Waals surface area contributed by atoms with Crippen molar-refractivity contribution in [3.05, 3.63) is 71.4 Å². The molecule has 0 fully saturated rings. The Labute approximate surface area is 137 Å². The second kappa shape index (κ2) is 6.41. The Kier molecular flexibility index (Phi) is 4.31. The number of aromatic nitrogens is 1. The van der Waals surface area contributed by atoms with Gasteiger partial charge in [0, 0.05) is 30.9 Å². The Morgan fingerprint density at radius 1 is 1.17 bits per heavy atom. The van der Waals surface area contributed by atoms with Gasteiger partial charge in [-0.2, -0.15) is 0 Å². The predicted molar refractivity (Wildman–Crippen MR) is 86.6 cm³/mol. The zero-order valence-corrected chi connectivity index (χ0v) is 13.0. The fraction of sp³-hybridized carbons (Fsp3) is 0.167. The van der Waals surface area contributed by atoms with Crippen LogP contribution in [-0.4, -0.2) is 22.1 Å². The minimum absolute atomic E-state index is 0.000360. The number of rotatable bonds is 4. The number of benzene rings is 2. The van der Waals surface area contributed by atoms with Gasteiger partial charge >= 0.3 is 0 Å². The van der Waals surface area contributed by atoms with E-state index in [1.165, 1.54) is 6.07 Å². The van der Waals surface area contributed by atoms with Gasteiger partial charge in [0.2, 0.25) is 0 Å². The number of carbonyl (C=O) groups is 1. The zero-order valence-electron chi connectivity index (χ0n) is 13.0. The SMILES string of the molecule is Cn1ccc2cc([C@@H](O)CNC(=O)c3ccc(F)c(F)c3)ccc21. The maximum Gasteiger partial charge on any atom is 0.251 e. The van der Waals surface area contributed by atoms with Crippen molar-refractivity contribution in [1.82, 2.24) is 9.88 Å². The van der Waals surface area contributed by atoms with Gasteiger partial charge in [0.1, 0.15) is 0 Å². The van der Waals surface area contributed by atoms with Gasteiger partial charge < -0.3 is 15.0 Å². The second-order valence-electron chi connectivity index (χ2n) is 5.60. The fourth-order valence-corrected chi connectivity index (χ4v) is 2.55. The number of hydrogen-bond donors (Lipinski definition) is 2. The molecule has 0 aliphatic carbocycles. The van der Waals surface area contributed by atoms with Gasteiger partial charge in [-0.3, -0.25) is 4.79 Å². The first-order valence-electron chi connectivity index (χ1n) is 7.42. The van der Waals surface area contributed by atoms with Crippen molar-refractivity contribution >= 4 is 16.8 Å². The molecular weight excluding hydrogens is 314 g/mol. The van der Waals surface area contributed by atoms with E-state index in [9.17, 15) is 18.7 Å². The highest BCUT2D eigenvalue weighted by Crippen LogP contribution is 2.21. The number of aryl methyl sites for hydroxylation is 1. The molecule has 0 aliphatic rings.